The molecule has 2 aromatic rings. The summed E-state index contributed by atoms with van der Waals surface area (Å²) < 4.78 is 9.60. The van der Waals surface area contributed by atoms with Crippen LogP contribution >= 0.6 is 0 Å². The van der Waals surface area contributed by atoms with E-state index in [2.05, 4.69) is 0 Å². The van der Waals surface area contributed by atoms with E-state index in [1.54, 1.807) is 37.3 Å². The van der Waals surface area contributed by atoms with Gasteiger partial charge in [-0.05, 0) is 49.8 Å². The highest BCUT2D eigenvalue weighted by Crippen LogP contribution is 2.35. The van der Waals surface area contributed by atoms with Crippen molar-refractivity contribution in [3.05, 3.63) is 82.1 Å². The Balaban J connectivity index is 2.06. The third kappa shape index (κ3) is 3.82. The number of nitrogens with zero attached hydrogens (tertiary/aromatic N) is 1. The van der Waals surface area contributed by atoms with Crippen LogP contribution in [-0.4, -0.2) is 32.1 Å². The molecule has 1 amide bonds. The lowest BCUT2D eigenvalue weighted by molar-refractivity contribution is -0.136. The molecule has 0 fully saturated rings. The number of methoxy groups -OCH3 is 2. The maximum absolute atomic E-state index is 13.2. The van der Waals surface area contributed by atoms with Crippen molar-refractivity contribution in [1.82, 2.24) is 0 Å². The molecule has 0 N–H and O–H groups in total. The number of amides is 1. The average molecular weight is 391 g/mol. The van der Waals surface area contributed by atoms with Gasteiger partial charge in [-0.15, -0.1) is 0 Å². The van der Waals surface area contributed by atoms with Crippen LogP contribution in [0, 0.1) is 6.92 Å². The Morgan fingerprint density at radius 1 is 0.862 bits per heavy atom. The minimum Gasteiger partial charge on any atom is -0.465 e. The van der Waals surface area contributed by atoms with Gasteiger partial charge in [0.05, 0.1) is 30.9 Å². The number of aryl methyl sites for hydroxylation is 1. The highest BCUT2D eigenvalue weighted by atomic mass is 16.5. The molecule has 1 aliphatic heterocycles. The molecule has 0 spiro atoms. The number of carbonyl (C=O) groups excluding carboxylic acids is 3. The summed E-state index contributed by atoms with van der Waals surface area (Å²) in [5.41, 5.74) is 3.76. The molecular weight excluding hydrogens is 370 g/mol. The molecule has 0 atom stereocenters. The van der Waals surface area contributed by atoms with Crippen molar-refractivity contribution >= 4 is 29.6 Å². The Labute approximate surface area is 169 Å². The molecule has 0 unspecified atom stereocenters. The van der Waals surface area contributed by atoms with Gasteiger partial charge >= 0.3 is 11.9 Å². The molecule has 0 bridgehead atoms. The van der Waals surface area contributed by atoms with E-state index in [1.807, 2.05) is 31.2 Å². The normalized spacial score (nSPS) is 15.1. The number of allylic oxidation sites excluding steroid dienone is 1. The largest absolute Gasteiger partial charge is 0.465 e. The van der Waals surface area contributed by atoms with Crippen LogP contribution in [0.1, 0.15) is 28.4 Å². The van der Waals surface area contributed by atoms with Crippen LogP contribution in [0.25, 0.3) is 6.08 Å². The summed E-state index contributed by atoms with van der Waals surface area (Å²) in [7, 11) is 2.59. The first-order valence-electron chi connectivity index (χ1n) is 8.98. The van der Waals surface area contributed by atoms with Crippen LogP contribution < -0.4 is 4.90 Å². The van der Waals surface area contributed by atoms with Gasteiger partial charge in [-0.1, -0.05) is 29.8 Å². The number of ether oxygens (including phenoxy) is 2. The zero-order valence-electron chi connectivity index (χ0n) is 16.7. The second kappa shape index (κ2) is 8.14. The van der Waals surface area contributed by atoms with E-state index < -0.39 is 11.9 Å². The smallest absolute Gasteiger partial charge is 0.340 e. The molecule has 1 heterocycles. The molecule has 0 saturated heterocycles. The molecule has 0 saturated carbocycles. The van der Waals surface area contributed by atoms with Crippen molar-refractivity contribution in [3.8, 4) is 0 Å². The van der Waals surface area contributed by atoms with E-state index in [0.29, 0.717) is 22.5 Å². The van der Waals surface area contributed by atoms with Gasteiger partial charge in [0.1, 0.15) is 0 Å². The Kier molecular flexibility index (Phi) is 5.64. The lowest BCUT2D eigenvalue weighted by Gasteiger charge is -2.18. The third-order valence-electron chi connectivity index (χ3n) is 4.72. The van der Waals surface area contributed by atoms with Crippen molar-refractivity contribution in [3.63, 3.8) is 0 Å². The van der Waals surface area contributed by atoms with Crippen LogP contribution in [0.4, 0.5) is 5.69 Å². The first-order chi connectivity index (χ1) is 13.9. The van der Waals surface area contributed by atoms with Gasteiger partial charge in [0.15, 0.2) is 0 Å². The standard InChI is InChI=1S/C23H21NO5/c1-14-5-11-18(12-6-14)24-15(2)20(23(27)29-4)19(21(24)25)13-16-7-9-17(10-8-16)22(26)28-3/h5-13H,1-4H3/b19-13-. The minimum absolute atomic E-state index is 0.218. The van der Waals surface area contributed by atoms with Crippen molar-refractivity contribution in [1.29, 1.82) is 0 Å². The van der Waals surface area contributed by atoms with E-state index in [-0.39, 0.29) is 17.1 Å². The lowest BCUT2D eigenvalue weighted by atomic mass is 10.0. The molecule has 0 aromatic heterocycles. The van der Waals surface area contributed by atoms with Crippen molar-refractivity contribution in [2.75, 3.05) is 19.1 Å². The zero-order valence-corrected chi connectivity index (χ0v) is 16.7. The second-order valence-corrected chi connectivity index (χ2v) is 6.60. The summed E-state index contributed by atoms with van der Waals surface area (Å²) in [6.45, 7) is 3.67. The molecule has 0 aliphatic carbocycles. The van der Waals surface area contributed by atoms with Crippen LogP contribution in [0.3, 0.4) is 0 Å². The van der Waals surface area contributed by atoms with Gasteiger partial charge in [0.2, 0.25) is 0 Å². The van der Waals surface area contributed by atoms with Gasteiger partial charge in [-0.25, -0.2) is 9.59 Å². The molecule has 1 aliphatic rings. The third-order valence-corrected chi connectivity index (χ3v) is 4.72. The van der Waals surface area contributed by atoms with E-state index in [4.69, 9.17) is 9.47 Å². The van der Waals surface area contributed by atoms with Gasteiger partial charge < -0.3 is 9.47 Å². The molecule has 148 valence electrons. The summed E-state index contributed by atoms with van der Waals surface area (Å²) in [6.07, 6.45) is 1.62. The quantitative estimate of drug-likeness (QED) is 0.587. The van der Waals surface area contributed by atoms with E-state index in [9.17, 15) is 14.4 Å². The molecule has 2 aromatic carbocycles. The number of benzene rings is 2. The number of hydrogen-bond acceptors (Lipinski definition) is 5. The highest BCUT2D eigenvalue weighted by molar-refractivity contribution is 6.23. The highest BCUT2D eigenvalue weighted by Gasteiger charge is 2.37. The minimum atomic E-state index is -0.581. The Bertz CT molecular complexity index is 1030. The zero-order chi connectivity index (χ0) is 21.1. The topological polar surface area (TPSA) is 72.9 Å². The first-order valence-corrected chi connectivity index (χ1v) is 8.98. The molecule has 0 radical (unpaired) electrons. The molecule has 3 rings (SSSR count). The number of hydrogen-bond donors (Lipinski definition) is 0. The van der Waals surface area contributed by atoms with Gasteiger partial charge in [0.25, 0.3) is 5.91 Å². The molecule has 6 nitrogen and oxygen atoms in total. The maximum Gasteiger partial charge on any atom is 0.340 e. The fourth-order valence-electron chi connectivity index (χ4n) is 3.18. The molecule has 29 heavy (non-hydrogen) atoms. The Hall–Kier alpha value is -3.67. The predicted octanol–water partition coefficient (Wildman–Crippen LogP) is 3.66. The van der Waals surface area contributed by atoms with Crippen LogP contribution in [0.15, 0.2) is 65.4 Å². The van der Waals surface area contributed by atoms with Crippen molar-refractivity contribution < 1.29 is 23.9 Å². The predicted molar refractivity (Wildman–Crippen MR) is 109 cm³/mol. The monoisotopic (exact) mass is 391 g/mol. The SMILES string of the molecule is COC(=O)C1=C(C)N(c2ccc(C)cc2)C(=O)/C1=C\c1ccc(C(=O)OC)cc1. The van der Waals surface area contributed by atoms with Crippen LogP contribution in [-0.2, 0) is 19.1 Å². The van der Waals surface area contributed by atoms with E-state index in [1.165, 1.54) is 19.1 Å². The van der Waals surface area contributed by atoms with Gasteiger partial charge in [-0.2, -0.15) is 0 Å². The summed E-state index contributed by atoms with van der Waals surface area (Å²) >= 11 is 0. The first kappa shape index (κ1) is 20.1. The summed E-state index contributed by atoms with van der Waals surface area (Å²) in [5, 5.41) is 0. The Morgan fingerprint density at radius 3 is 2.00 bits per heavy atom. The van der Waals surface area contributed by atoms with E-state index in [0.717, 1.165) is 5.56 Å². The molecular formula is C23H21NO5. The number of rotatable bonds is 4. The van der Waals surface area contributed by atoms with Crippen LogP contribution in [0.5, 0.6) is 0 Å². The number of esters is 2. The second-order valence-electron chi connectivity index (χ2n) is 6.60. The summed E-state index contributed by atoms with van der Waals surface area (Å²) in [5.74, 6) is -1.34. The Morgan fingerprint density at radius 2 is 1.45 bits per heavy atom. The average Bonchev–Trinajstić information content (AvgIpc) is 2.98. The summed E-state index contributed by atoms with van der Waals surface area (Å²) in [4.78, 5) is 38.7. The summed E-state index contributed by atoms with van der Waals surface area (Å²) in [6, 6.07) is 14.0. The number of carbonyl (C=O) groups is 3. The lowest BCUT2D eigenvalue weighted by Crippen LogP contribution is -2.24. The van der Waals surface area contributed by atoms with Crippen molar-refractivity contribution in [2.45, 2.75) is 13.8 Å². The fraction of sp³-hybridized carbons (Fsp3) is 0.174. The van der Waals surface area contributed by atoms with Crippen LogP contribution in [0.2, 0.25) is 0 Å². The number of anilines is 1. The fourth-order valence-corrected chi connectivity index (χ4v) is 3.18. The van der Waals surface area contributed by atoms with E-state index >= 15 is 0 Å². The molecule has 6 heteroatoms. The van der Waals surface area contributed by atoms with Crippen molar-refractivity contribution in [2.24, 2.45) is 0 Å². The van der Waals surface area contributed by atoms with Gasteiger partial charge in [0, 0.05) is 11.4 Å². The van der Waals surface area contributed by atoms with Gasteiger partial charge in [-0.3, -0.25) is 9.69 Å². The maximum atomic E-state index is 13.2.